The number of aromatic amines is 1. The fourth-order valence-electron chi connectivity index (χ4n) is 3.04. The van der Waals surface area contributed by atoms with Gasteiger partial charge in [-0.3, -0.25) is 19.4 Å². The van der Waals surface area contributed by atoms with E-state index in [4.69, 9.17) is 4.79 Å². The molecule has 166 valence electrons. The Kier molecular flexibility index (Phi) is 7.04. The first kappa shape index (κ1) is 22.7. The van der Waals surface area contributed by atoms with E-state index in [2.05, 4.69) is 20.6 Å². The minimum atomic E-state index is -4.64. The van der Waals surface area contributed by atoms with Crippen molar-refractivity contribution in [2.45, 2.75) is 19.1 Å². The van der Waals surface area contributed by atoms with Gasteiger partial charge in [-0.2, -0.15) is 13.2 Å². The first-order valence-electron chi connectivity index (χ1n) is 9.58. The molecule has 0 saturated carbocycles. The molecule has 10 heteroatoms. The minimum Gasteiger partial charge on any atom is -0.358 e. The normalized spacial score (nSPS) is 12.7. The van der Waals surface area contributed by atoms with E-state index < -0.39 is 12.5 Å². The van der Waals surface area contributed by atoms with Crippen LogP contribution in [0.15, 0.2) is 54.7 Å². The summed E-state index contributed by atoms with van der Waals surface area (Å²) in [6.07, 6.45) is -3.32. The highest BCUT2D eigenvalue weighted by atomic mass is 19.4. The SMILES string of the molecule is O=C(NCc1ccccc1)c1cc(-c2cc3c([nH]2)CCNC3=O)ccn1.O=CC(F)(F)F. The van der Waals surface area contributed by atoms with Gasteiger partial charge in [0.1, 0.15) is 5.69 Å². The molecule has 1 aliphatic heterocycles. The number of aromatic nitrogens is 2. The first-order valence-corrected chi connectivity index (χ1v) is 9.58. The molecule has 0 saturated heterocycles. The van der Waals surface area contributed by atoms with Gasteiger partial charge < -0.3 is 15.6 Å². The fraction of sp³-hybridized carbons (Fsp3) is 0.182. The highest BCUT2D eigenvalue weighted by Gasteiger charge is 2.25. The Labute approximate surface area is 181 Å². The van der Waals surface area contributed by atoms with Crippen molar-refractivity contribution in [3.8, 4) is 11.3 Å². The third-order valence-electron chi connectivity index (χ3n) is 4.54. The van der Waals surface area contributed by atoms with Crippen LogP contribution < -0.4 is 10.6 Å². The molecule has 2 amide bonds. The molecule has 1 aromatic carbocycles. The lowest BCUT2D eigenvalue weighted by Gasteiger charge is -2.10. The smallest absolute Gasteiger partial charge is 0.358 e. The van der Waals surface area contributed by atoms with Crippen LogP contribution in [-0.4, -0.2) is 40.8 Å². The molecular formula is C22H19F3N4O3. The summed E-state index contributed by atoms with van der Waals surface area (Å²) in [5.41, 5.74) is 4.60. The van der Waals surface area contributed by atoms with Crippen LogP contribution in [0.1, 0.15) is 32.1 Å². The van der Waals surface area contributed by atoms with Gasteiger partial charge in [0.25, 0.3) is 11.8 Å². The molecule has 32 heavy (non-hydrogen) atoms. The average Bonchev–Trinajstić information content (AvgIpc) is 3.24. The van der Waals surface area contributed by atoms with Gasteiger partial charge in [0.05, 0.1) is 5.56 Å². The number of nitrogens with one attached hydrogen (secondary N) is 3. The van der Waals surface area contributed by atoms with Gasteiger partial charge in [0.15, 0.2) is 0 Å². The second-order valence-electron chi connectivity index (χ2n) is 6.84. The van der Waals surface area contributed by atoms with E-state index in [-0.39, 0.29) is 11.8 Å². The van der Waals surface area contributed by atoms with Crippen LogP contribution in [0, 0.1) is 0 Å². The van der Waals surface area contributed by atoms with Gasteiger partial charge in [-0.25, -0.2) is 0 Å². The zero-order valence-corrected chi connectivity index (χ0v) is 16.7. The monoisotopic (exact) mass is 444 g/mol. The number of rotatable bonds is 4. The predicted molar refractivity (Wildman–Crippen MR) is 110 cm³/mol. The van der Waals surface area contributed by atoms with Crippen LogP contribution in [0.5, 0.6) is 0 Å². The molecule has 0 atom stereocenters. The van der Waals surface area contributed by atoms with Gasteiger partial charge >= 0.3 is 6.18 Å². The van der Waals surface area contributed by atoms with E-state index in [1.165, 1.54) is 0 Å². The van der Waals surface area contributed by atoms with Gasteiger partial charge in [-0.05, 0) is 23.8 Å². The number of hydrogen-bond donors (Lipinski definition) is 3. The third kappa shape index (κ3) is 6.03. The molecule has 0 aliphatic carbocycles. The molecule has 0 bridgehead atoms. The van der Waals surface area contributed by atoms with Gasteiger partial charge in [0, 0.05) is 42.7 Å². The van der Waals surface area contributed by atoms with Crippen LogP contribution in [0.3, 0.4) is 0 Å². The lowest BCUT2D eigenvalue weighted by molar-refractivity contribution is -0.156. The Hall–Kier alpha value is -3.95. The summed E-state index contributed by atoms with van der Waals surface area (Å²) in [5.74, 6) is -0.298. The van der Waals surface area contributed by atoms with Crippen molar-refractivity contribution in [2.24, 2.45) is 0 Å². The molecule has 2 aromatic heterocycles. The summed E-state index contributed by atoms with van der Waals surface area (Å²) in [7, 11) is 0. The molecule has 0 fully saturated rings. The molecule has 3 N–H and O–H groups in total. The maximum atomic E-state index is 12.4. The second-order valence-corrected chi connectivity index (χ2v) is 6.84. The molecule has 3 aromatic rings. The van der Waals surface area contributed by atoms with Crippen LogP contribution in [0.2, 0.25) is 0 Å². The number of hydrogen-bond acceptors (Lipinski definition) is 4. The molecule has 3 heterocycles. The van der Waals surface area contributed by atoms with Gasteiger partial charge in [0.2, 0.25) is 6.29 Å². The Bertz CT molecular complexity index is 1110. The fourth-order valence-corrected chi connectivity index (χ4v) is 3.04. The number of H-pyrrole nitrogens is 1. The average molecular weight is 444 g/mol. The summed E-state index contributed by atoms with van der Waals surface area (Å²) < 4.78 is 31.2. The molecule has 0 radical (unpaired) electrons. The topological polar surface area (TPSA) is 104 Å². The zero-order chi connectivity index (χ0) is 23.1. The molecule has 1 aliphatic rings. The predicted octanol–water partition coefficient (Wildman–Crippen LogP) is 3.04. The molecule has 7 nitrogen and oxygen atoms in total. The standard InChI is InChI=1S/C20H18N4O2.C2HF3O/c25-19-15-11-17(24-16(15)7-9-22-19)14-6-8-21-18(10-14)20(26)23-12-13-4-2-1-3-5-13;3-2(4,5)1-6/h1-6,8,10-11,24H,7,9,12H2,(H,22,25)(H,23,26);1H. The highest BCUT2D eigenvalue weighted by molar-refractivity contribution is 5.98. The Morgan fingerprint density at radius 1 is 1.16 bits per heavy atom. The summed E-state index contributed by atoms with van der Waals surface area (Å²) in [4.78, 5) is 40.5. The molecule has 0 spiro atoms. The van der Waals surface area contributed by atoms with Crippen molar-refractivity contribution in [1.82, 2.24) is 20.6 Å². The zero-order valence-electron chi connectivity index (χ0n) is 16.7. The number of benzene rings is 1. The minimum absolute atomic E-state index is 0.0661. The lowest BCUT2D eigenvalue weighted by atomic mass is 10.1. The van der Waals surface area contributed by atoms with Crippen LogP contribution in [0.25, 0.3) is 11.3 Å². The Balaban J connectivity index is 0.000000427. The van der Waals surface area contributed by atoms with E-state index >= 15 is 0 Å². The number of fused-ring (bicyclic) bond motifs is 1. The van der Waals surface area contributed by atoms with Crippen molar-refractivity contribution >= 4 is 18.1 Å². The van der Waals surface area contributed by atoms with Crippen molar-refractivity contribution in [3.63, 3.8) is 0 Å². The lowest BCUT2D eigenvalue weighted by Crippen LogP contribution is -2.31. The number of pyridine rings is 1. The maximum absolute atomic E-state index is 12.4. The maximum Gasteiger partial charge on any atom is 0.446 e. The third-order valence-corrected chi connectivity index (χ3v) is 4.54. The van der Waals surface area contributed by atoms with E-state index in [9.17, 15) is 22.8 Å². The number of nitrogens with zero attached hydrogens (tertiary/aromatic N) is 1. The van der Waals surface area contributed by atoms with Crippen LogP contribution in [-0.2, 0) is 17.8 Å². The first-order chi connectivity index (χ1) is 15.3. The quantitative estimate of drug-likeness (QED) is 0.538. The number of carbonyl (C=O) groups excluding carboxylic acids is 3. The van der Waals surface area contributed by atoms with E-state index in [1.54, 1.807) is 12.3 Å². The second kappa shape index (κ2) is 9.90. The van der Waals surface area contributed by atoms with Crippen molar-refractivity contribution in [2.75, 3.05) is 6.54 Å². The van der Waals surface area contributed by atoms with Crippen molar-refractivity contribution in [1.29, 1.82) is 0 Å². The number of alkyl halides is 3. The summed E-state index contributed by atoms with van der Waals surface area (Å²) >= 11 is 0. The molecule has 0 unspecified atom stereocenters. The van der Waals surface area contributed by atoms with Gasteiger partial charge in [-0.15, -0.1) is 0 Å². The van der Waals surface area contributed by atoms with Crippen molar-refractivity contribution < 1.29 is 27.6 Å². The number of amides is 2. The Morgan fingerprint density at radius 3 is 2.53 bits per heavy atom. The van der Waals surface area contributed by atoms with Crippen LogP contribution >= 0.6 is 0 Å². The van der Waals surface area contributed by atoms with E-state index in [0.717, 1.165) is 28.9 Å². The molecular weight excluding hydrogens is 425 g/mol. The number of carbonyl (C=O) groups is 3. The molecule has 4 rings (SSSR count). The van der Waals surface area contributed by atoms with E-state index in [1.807, 2.05) is 42.5 Å². The van der Waals surface area contributed by atoms with Gasteiger partial charge in [-0.1, -0.05) is 30.3 Å². The highest BCUT2D eigenvalue weighted by Crippen LogP contribution is 2.24. The summed E-state index contributed by atoms with van der Waals surface area (Å²) in [6, 6.07) is 15.1. The number of halogens is 3. The summed E-state index contributed by atoms with van der Waals surface area (Å²) in [5, 5.41) is 5.70. The van der Waals surface area contributed by atoms with Crippen LogP contribution in [0.4, 0.5) is 13.2 Å². The van der Waals surface area contributed by atoms with E-state index in [0.29, 0.717) is 24.3 Å². The summed E-state index contributed by atoms with van der Waals surface area (Å²) in [6.45, 7) is 1.08. The van der Waals surface area contributed by atoms with Crippen molar-refractivity contribution in [3.05, 3.63) is 77.2 Å². The largest absolute Gasteiger partial charge is 0.446 e. The number of aldehydes is 1. The Morgan fingerprint density at radius 2 is 1.88 bits per heavy atom.